The summed E-state index contributed by atoms with van der Waals surface area (Å²) in [5.41, 5.74) is 2.21. The van der Waals surface area contributed by atoms with Gasteiger partial charge in [0, 0.05) is 12.5 Å². The second kappa shape index (κ2) is 10.8. The van der Waals surface area contributed by atoms with Crippen LogP contribution in [-0.2, 0) is 14.3 Å². The van der Waals surface area contributed by atoms with E-state index in [2.05, 4.69) is 6.58 Å². The highest BCUT2D eigenvalue weighted by atomic mass is 16.8. The third-order valence-corrected chi connectivity index (χ3v) is 3.99. The quantitative estimate of drug-likeness (QED) is 0.200. The fraction of sp³-hybridized carbons (Fsp3) is 0.261. The third-order valence-electron chi connectivity index (χ3n) is 3.99. The van der Waals surface area contributed by atoms with Crippen molar-refractivity contribution in [1.82, 2.24) is 0 Å². The molecule has 0 amide bonds. The summed E-state index contributed by atoms with van der Waals surface area (Å²) in [4.78, 5) is 35.6. The molecular formula is C23H24O7. The molecular weight excluding hydrogens is 388 g/mol. The van der Waals surface area contributed by atoms with E-state index in [4.69, 9.17) is 18.9 Å². The minimum absolute atomic E-state index is 0.161. The van der Waals surface area contributed by atoms with E-state index < -0.39 is 24.4 Å². The zero-order chi connectivity index (χ0) is 22.1. The largest absolute Gasteiger partial charge is 0.516 e. The predicted octanol–water partition coefficient (Wildman–Crippen LogP) is 4.89. The zero-order valence-electron chi connectivity index (χ0n) is 17.2. The molecule has 7 heteroatoms. The van der Waals surface area contributed by atoms with Crippen molar-refractivity contribution in [1.29, 1.82) is 0 Å². The normalized spacial score (nSPS) is 11.2. The number of hydrogen-bond donors (Lipinski definition) is 0. The molecule has 0 aromatic heterocycles. The van der Waals surface area contributed by atoms with Crippen LogP contribution in [0.4, 0.5) is 4.79 Å². The Morgan fingerprint density at radius 3 is 2.30 bits per heavy atom. The summed E-state index contributed by atoms with van der Waals surface area (Å²) >= 11 is 0. The van der Waals surface area contributed by atoms with Crippen LogP contribution in [0.3, 0.4) is 0 Å². The van der Waals surface area contributed by atoms with Gasteiger partial charge in [-0.3, -0.25) is 0 Å². The molecule has 0 aliphatic rings. The van der Waals surface area contributed by atoms with Crippen LogP contribution < -0.4 is 9.47 Å². The molecule has 158 valence electrons. The van der Waals surface area contributed by atoms with E-state index in [1.807, 2.05) is 32.9 Å². The molecule has 30 heavy (non-hydrogen) atoms. The van der Waals surface area contributed by atoms with E-state index in [1.165, 1.54) is 24.3 Å². The van der Waals surface area contributed by atoms with Gasteiger partial charge in [-0.2, -0.15) is 0 Å². The van der Waals surface area contributed by atoms with Gasteiger partial charge in [0.25, 0.3) is 6.29 Å². The maximum Gasteiger partial charge on any atom is 0.516 e. The lowest BCUT2D eigenvalue weighted by molar-refractivity contribution is -0.164. The first-order valence-electron chi connectivity index (χ1n) is 9.43. The second-order valence-corrected chi connectivity index (χ2v) is 6.51. The number of rotatable bonds is 8. The smallest absolute Gasteiger partial charge is 0.423 e. The van der Waals surface area contributed by atoms with Crippen LogP contribution in [0.1, 0.15) is 41.3 Å². The standard InChI is InChI=1S/C23H24O7/c1-5-7-21(29-20(24)6-2)30-23(26)27-18-11-9-17(10-12-18)22(25)28-19-13-8-15(3)14-16(19)4/h6,8-14,21H,2,5,7H2,1,3-4H3. The van der Waals surface area contributed by atoms with Crippen LogP contribution in [0.5, 0.6) is 11.5 Å². The molecule has 0 heterocycles. The van der Waals surface area contributed by atoms with Gasteiger partial charge >= 0.3 is 18.1 Å². The molecule has 0 spiro atoms. The van der Waals surface area contributed by atoms with Crippen molar-refractivity contribution in [3.05, 3.63) is 71.8 Å². The van der Waals surface area contributed by atoms with Gasteiger partial charge in [-0.15, -0.1) is 0 Å². The van der Waals surface area contributed by atoms with E-state index in [0.717, 1.165) is 17.2 Å². The van der Waals surface area contributed by atoms with Crippen LogP contribution in [0.2, 0.25) is 0 Å². The number of carbonyl (C=O) groups excluding carboxylic acids is 3. The van der Waals surface area contributed by atoms with E-state index in [9.17, 15) is 14.4 Å². The lowest BCUT2D eigenvalue weighted by atomic mass is 10.1. The van der Waals surface area contributed by atoms with Crippen LogP contribution in [-0.4, -0.2) is 24.4 Å². The zero-order valence-corrected chi connectivity index (χ0v) is 17.2. The molecule has 0 aliphatic heterocycles. The minimum atomic E-state index is -1.07. The summed E-state index contributed by atoms with van der Waals surface area (Å²) in [6.45, 7) is 8.95. The molecule has 2 aromatic carbocycles. The van der Waals surface area contributed by atoms with Gasteiger partial charge in [-0.1, -0.05) is 31.2 Å². The lowest BCUT2D eigenvalue weighted by Crippen LogP contribution is -2.25. The fourth-order valence-electron chi connectivity index (χ4n) is 2.51. The Labute approximate surface area is 175 Å². The fourth-order valence-corrected chi connectivity index (χ4v) is 2.51. The molecule has 0 bridgehead atoms. The van der Waals surface area contributed by atoms with Crippen LogP contribution in [0.15, 0.2) is 55.1 Å². The molecule has 0 N–H and O–H groups in total. The molecule has 0 fully saturated rings. The first-order chi connectivity index (χ1) is 14.3. The highest BCUT2D eigenvalue weighted by Gasteiger charge is 2.19. The van der Waals surface area contributed by atoms with Crippen molar-refractivity contribution in [3.63, 3.8) is 0 Å². The number of benzene rings is 2. The van der Waals surface area contributed by atoms with Gasteiger partial charge in [0.05, 0.1) is 5.56 Å². The Kier molecular flexibility index (Phi) is 8.17. The molecule has 0 aliphatic carbocycles. The SMILES string of the molecule is C=CC(=O)OC(CCC)OC(=O)Oc1ccc(C(=O)Oc2ccc(C)cc2C)cc1. The molecule has 2 rings (SSSR count). The van der Waals surface area contributed by atoms with Crippen LogP contribution in [0.25, 0.3) is 0 Å². The van der Waals surface area contributed by atoms with Crippen molar-refractivity contribution in [3.8, 4) is 11.5 Å². The highest BCUT2D eigenvalue weighted by Crippen LogP contribution is 2.21. The topological polar surface area (TPSA) is 88.1 Å². The first kappa shape index (κ1) is 22.7. The summed E-state index contributed by atoms with van der Waals surface area (Å²) in [5, 5.41) is 0. The molecule has 0 saturated carbocycles. The molecule has 1 atom stereocenters. The number of carbonyl (C=O) groups is 3. The van der Waals surface area contributed by atoms with Crippen molar-refractivity contribution in [2.24, 2.45) is 0 Å². The van der Waals surface area contributed by atoms with Crippen molar-refractivity contribution < 1.29 is 33.3 Å². The van der Waals surface area contributed by atoms with E-state index in [0.29, 0.717) is 24.2 Å². The van der Waals surface area contributed by atoms with Crippen LogP contribution in [0, 0.1) is 13.8 Å². The van der Waals surface area contributed by atoms with E-state index >= 15 is 0 Å². The minimum Gasteiger partial charge on any atom is -0.423 e. The average molecular weight is 412 g/mol. The molecule has 7 nitrogen and oxygen atoms in total. The molecule has 2 aromatic rings. The van der Waals surface area contributed by atoms with Gasteiger partial charge in [0.1, 0.15) is 11.5 Å². The van der Waals surface area contributed by atoms with Gasteiger partial charge in [-0.05, 0) is 56.2 Å². The average Bonchev–Trinajstić information content (AvgIpc) is 2.70. The second-order valence-electron chi connectivity index (χ2n) is 6.51. The molecule has 0 radical (unpaired) electrons. The maximum absolute atomic E-state index is 12.3. The summed E-state index contributed by atoms with van der Waals surface area (Å²) in [5.74, 6) is -0.595. The molecule has 0 saturated heterocycles. The van der Waals surface area contributed by atoms with Gasteiger partial charge < -0.3 is 18.9 Å². The first-order valence-corrected chi connectivity index (χ1v) is 9.43. The maximum atomic E-state index is 12.3. The summed E-state index contributed by atoms with van der Waals surface area (Å²) < 4.78 is 20.4. The van der Waals surface area contributed by atoms with Gasteiger partial charge in [0.15, 0.2) is 0 Å². The van der Waals surface area contributed by atoms with Gasteiger partial charge in [-0.25, -0.2) is 14.4 Å². The van der Waals surface area contributed by atoms with Crippen molar-refractivity contribution in [2.45, 2.75) is 39.9 Å². The Balaban J connectivity index is 1.95. The van der Waals surface area contributed by atoms with Crippen LogP contribution >= 0.6 is 0 Å². The van der Waals surface area contributed by atoms with E-state index in [1.54, 1.807) is 6.07 Å². The number of ether oxygens (including phenoxy) is 4. The number of hydrogen-bond acceptors (Lipinski definition) is 7. The summed E-state index contributed by atoms with van der Waals surface area (Å²) in [7, 11) is 0. The van der Waals surface area contributed by atoms with E-state index in [-0.39, 0.29) is 5.75 Å². The summed E-state index contributed by atoms with van der Waals surface area (Å²) in [6.07, 6.45) is -0.180. The van der Waals surface area contributed by atoms with Crippen molar-refractivity contribution >= 4 is 18.1 Å². The Bertz CT molecular complexity index is 916. The Hall–Kier alpha value is -3.61. The lowest BCUT2D eigenvalue weighted by Gasteiger charge is -2.16. The number of esters is 2. The van der Waals surface area contributed by atoms with Crippen molar-refractivity contribution in [2.75, 3.05) is 0 Å². The number of aryl methyl sites for hydroxylation is 2. The predicted molar refractivity (Wildman–Crippen MR) is 109 cm³/mol. The molecule has 1 unspecified atom stereocenters. The Morgan fingerprint density at radius 1 is 1.00 bits per heavy atom. The highest BCUT2D eigenvalue weighted by molar-refractivity contribution is 5.91. The monoisotopic (exact) mass is 412 g/mol. The summed E-state index contributed by atoms with van der Waals surface area (Å²) in [6, 6.07) is 11.3. The third kappa shape index (κ3) is 6.77. The van der Waals surface area contributed by atoms with Gasteiger partial charge in [0.2, 0.25) is 0 Å². The Morgan fingerprint density at radius 2 is 1.70 bits per heavy atom.